The molecule has 0 saturated heterocycles. The highest BCUT2D eigenvalue weighted by molar-refractivity contribution is 7.92. The van der Waals surface area contributed by atoms with Crippen LogP contribution in [0.25, 0.3) is 0 Å². The molecule has 0 amide bonds. The summed E-state index contributed by atoms with van der Waals surface area (Å²) in [5, 5.41) is 0. The number of carbonyl (C=O) groups is 1. The summed E-state index contributed by atoms with van der Waals surface area (Å²) in [6, 6.07) is 6.96. The molecule has 2 aromatic rings. The molecule has 154 valence electrons. The number of methoxy groups -OCH3 is 3. The zero-order valence-electron chi connectivity index (χ0n) is 16.3. The predicted molar refractivity (Wildman–Crippen MR) is 105 cm³/mol. The number of carbonyl (C=O) groups excluding carboxylic acids is 1. The highest BCUT2D eigenvalue weighted by atomic mass is 32.2. The first kappa shape index (κ1) is 21.8. The summed E-state index contributed by atoms with van der Waals surface area (Å²) in [6.07, 6.45) is 0. The number of nitrogens with zero attached hydrogens (tertiary/aromatic N) is 1. The van der Waals surface area contributed by atoms with Crippen LogP contribution in [0.15, 0.2) is 35.2 Å². The number of anilines is 1. The van der Waals surface area contributed by atoms with Crippen LogP contribution in [-0.4, -0.2) is 47.3 Å². The molecule has 0 aliphatic rings. The molecule has 1 aromatic heterocycles. The summed E-state index contributed by atoms with van der Waals surface area (Å²) in [7, 11) is -0.272. The molecular weight excluding hydrogens is 400 g/mol. The van der Waals surface area contributed by atoms with Crippen molar-refractivity contribution in [2.75, 3.05) is 32.7 Å². The van der Waals surface area contributed by atoms with Gasteiger partial charge < -0.3 is 18.9 Å². The minimum atomic E-state index is -4.07. The first-order valence-electron chi connectivity index (χ1n) is 8.23. The van der Waals surface area contributed by atoms with Gasteiger partial charge in [-0.25, -0.2) is 13.2 Å². The molecule has 0 atom stereocenters. The van der Waals surface area contributed by atoms with E-state index < -0.39 is 16.0 Å². The van der Waals surface area contributed by atoms with Crippen LogP contribution in [0.5, 0.6) is 17.5 Å². The average molecular weight is 420 g/mol. The number of benzene rings is 1. The lowest BCUT2D eigenvalue weighted by molar-refractivity contribution is 0.0601. The zero-order chi connectivity index (χ0) is 21.4. The van der Waals surface area contributed by atoms with Crippen LogP contribution in [-0.2, 0) is 14.8 Å². The number of sulfonamides is 1. The topological polar surface area (TPSA) is 113 Å². The Bertz CT molecular complexity index is 1040. The smallest absolute Gasteiger partial charge is 0.340 e. The van der Waals surface area contributed by atoms with Gasteiger partial charge in [-0.1, -0.05) is 5.92 Å². The van der Waals surface area contributed by atoms with E-state index in [-0.39, 0.29) is 34.5 Å². The van der Waals surface area contributed by atoms with E-state index in [9.17, 15) is 13.2 Å². The Kier molecular flexibility index (Phi) is 7.27. The van der Waals surface area contributed by atoms with Crippen LogP contribution in [0.1, 0.15) is 17.3 Å². The van der Waals surface area contributed by atoms with Gasteiger partial charge in [-0.2, -0.15) is 4.98 Å². The van der Waals surface area contributed by atoms with E-state index in [1.807, 2.05) is 0 Å². The quantitative estimate of drug-likeness (QED) is 0.510. The Balaban J connectivity index is 2.40. The minimum absolute atomic E-state index is 0.0555. The standard InChI is InChI=1S/C19H20N2O7S/c1-5-6-11-28-13-7-9-14(10-8-13)29(23,24)21-17-15(19(22)27-4)12-16(25-2)20-18(17)26-3/h7-10,12,21H,11H2,1-4H3. The molecule has 0 aliphatic heterocycles. The van der Waals surface area contributed by atoms with Crippen LogP contribution >= 0.6 is 0 Å². The van der Waals surface area contributed by atoms with Gasteiger partial charge in [-0.3, -0.25) is 4.72 Å². The first-order valence-corrected chi connectivity index (χ1v) is 9.71. The lowest BCUT2D eigenvalue weighted by Crippen LogP contribution is -2.18. The van der Waals surface area contributed by atoms with E-state index in [1.165, 1.54) is 51.7 Å². The van der Waals surface area contributed by atoms with Gasteiger partial charge in [0.15, 0.2) is 0 Å². The lowest BCUT2D eigenvalue weighted by atomic mass is 10.2. The predicted octanol–water partition coefficient (Wildman–Crippen LogP) is 2.09. The van der Waals surface area contributed by atoms with E-state index in [2.05, 4.69) is 21.5 Å². The van der Waals surface area contributed by atoms with Crippen molar-refractivity contribution in [2.45, 2.75) is 11.8 Å². The third-order valence-corrected chi connectivity index (χ3v) is 4.99. The molecule has 10 heteroatoms. The number of rotatable bonds is 8. The van der Waals surface area contributed by atoms with E-state index >= 15 is 0 Å². The Hall–Kier alpha value is -3.45. The number of esters is 1. The van der Waals surface area contributed by atoms with Crippen molar-refractivity contribution in [2.24, 2.45) is 0 Å². The highest BCUT2D eigenvalue weighted by Gasteiger charge is 2.25. The van der Waals surface area contributed by atoms with E-state index in [1.54, 1.807) is 6.92 Å². The van der Waals surface area contributed by atoms with Crippen LogP contribution in [0.3, 0.4) is 0 Å². The van der Waals surface area contributed by atoms with E-state index in [0.29, 0.717) is 5.75 Å². The number of aromatic nitrogens is 1. The van der Waals surface area contributed by atoms with Crippen molar-refractivity contribution in [3.05, 3.63) is 35.9 Å². The lowest BCUT2D eigenvalue weighted by Gasteiger charge is -2.15. The molecule has 9 nitrogen and oxygen atoms in total. The van der Waals surface area contributed by atoms with E-state index in [4.69, 9.17) is 18.9 Å². The summed E-state index contributed by atoms with van der Waals surface area (Å²) >= 11 is 0. The maximum Gasteiger partial charge on any atom is 0.340 e. The van der Waals surface area contributed by atoms with E-state index in [0.717, 1.165) is 0 Å². The van der Waals surface area contributed by atoms with Crippen LogP contribution < -0.4 is 18.9 Å². The van der Waals surface area contributed by atoms with Gasteiger partial charge in [-0.05, 0) is 31.2 Å². The number of hydrogen-bond donors (Lipinski definition) is 1. The second-order valence-corrected chi connectivity index (χ2v) is 7.06. The summed E-state index contributed by atoms with van der Waals surface area (Å²) in [5.74, 6) is 5.02. The molecule has 0 spiro atoms. The Morgan fingerprint density at radius 1 is 1.14 bits per heavy atom. The van der Waals surface area contributed by atoms with Gasteiger partial charge in [-0.15, -0.1) is 5.92 Å². The van der Waals surface area contributed by atoms with Gasteiger partial charge in [0.1, 0.15) is 18.0 Å². The minimum Gasteiger partial charge on any atom is -0.481 e. The van der Waals surface area contributed by atoms with Gasteiger partial charge in [0.05, 0.1) is 31.8 Å². The first-order chi connectivity index (χ1) is 13.9. The second kappa shape index (κ2) is 9.66. The Morgan fingerprint density at radius 3 is 2.38 bits per heavy atom. The molecule has 0 radical (unpaired) electrons. The molecule has 1 aromatic carbocycles. The molecule has 1 heterocycles. The summed E-state index contributed by atoms with van der Waals surface area (Å²) in [4.78, 5) is 16.1. The third kappa shape index (κ3) is 5.30. The molecule has 0 unspecified atom stereocenters. The monoisotopic (exact) mass is 420 g/mol. The fourth-order valence-corrected chi connectivity index (χ4v) is 3.30. The Labute approximate surface area is 169 Å². The van der Waals surface area contributed by atoms with Gasteiger partial charge in [0.2, 0.25) is 11.8 Å². The SMILES string of the molecule is CC#CCOc1ccc(S(=O)(=O)Nc2c(C(=O)OC)cc(OC)nc2OC)cc1. The van der Waals surface area contributed by atoms with Crippen LogP contribution in [0, 0.1) is 11.8 Å². The van der Waals surface area contributed by atoms with Crippen molar-refractivity contribution >= 4 is 21.7 Å². The van der Waals surface area contributed by atoms with Crippen molar-refractivity contribution in [3.63, 3.8) is 0 Å². The molecule has 2 rings (SSSR count). The van der Waals surface area contributed by atoms with Crippen molar-refractivity contribution < 1.29 is 32.2 Å². The largest absolute Gasteiger partial charge is 0.481 e. The molecular formula is C19H20N2O7S. The number of ether oxygens (including phenoxy) is 4. The molecule has 1 N–H and O–H groups in total. The van der Waals surface area contributed by atoms with Crippen LogP contribution in [0.2, 0.25) is 0 Å². The normalized spacial score (nSPS) is 10.3. The second-order valence-electron chi connectivity index (χ2n) is 5.38. The van der Waals surface area contributed by atoms with Gasteiger partial charge in [0, 0.05) is 6.07 Å². The number of nitrogens with one attached hydrogen (secondary N) is 1. The van der Waals surface area contributed by atoms with Gasteiger partial charge in [0.25, 0.3) is 10.0 Å². The van der Waals surface area contributed by atoms with Crippen molar-refractivity contribution in [1.29, 1.82) is 0 Å². The highest BCUT2D eigenvalue weighted by Crippen LogP contribution is 2.32. The summed E-state index contributed by atoms with van der Waals surface area (Å²) in [6.45, 7) is 1.88. The molecule has 0 aliphatic carbocycles. The molecule has 0 fully saturated rings. The molecule has 29 heavy (non-hydrogen) atoms. The fourth-order valence-electron chi connectivity index (χ4n) is 2.22. The number of hydrogen-bond acceptors (Lipinski definition) is 8. The average Bonchev–Trinajstić information content (AvgIpc) is 2.73. The third-order valence-electron chi connectivity index (χ3n) is 3.63. The van der Waals surface area contributed by atoms with Crippen molar-refractivity contribution in [1.82, 2.24) is 4.98 Å². The van der Waals surface area contributed by atoms with Gasteiger partial charge >= 0.3 is 5.97 Å². The van der Waals surface area contributed by atoms with Crippen molar-refractivity contribution in [3.8, 4) is 29.4 Å². The maximum atomic E-state index is 12.8. The molecule has 0 bridgehead atoms. The molecule has 0 saturated carbocycles. The summed E-state index contributed by atoms with van der Waals surface area (Å²) in [5.41, 5.74) is -0.281. The maximum absolute atomic E-state index is 12.8. The number of pyridine rings is 1. The fraction of sp³-hybridized carbons (Fsp3) is 0.263. The zero-order valence-corrected chi connectivity index (χ0v) is 17.1. The summed E-state index contributed by atoms with van der Waals surface area (Å²) < 4.78 is 48.2. The Morgan fingerprint density at radius 2 is 1.83 bits per heavy atom. The van der Waals surface area contributed by atoms with Crippen LogP contribution in [0.4, 0.5) is 5.69 Å².